The van der Waals surface area contributed by atoms with E-state index in [-0.39, 0.29) is 0 Å². The van der Waals surface area contributed by atoms with E-state index in [0.29, 0.717) is 0 Å². The first kappa shape index (κ1) is 10.3. The minimum Gasteiger partial charge on any atom is -0.369 e. The summed E-state index contributed by atoms with van der Waals surface area (Å²) >= 11 is 0. The highest BCUT2D eigenvalue weighted by Crippen LogP contribution is 2.08. The van der Waals surface area contributed by atoms with Crippen LogP contribution in [0.15, 0.2) is 23.9 Å². The molecule has 0 amide bonds. The molecule has 3 nitrogen and oxygen atoms in total. The molecular formula is C10H19N3. The molecule has 0 aromatic carbocycles. The molecule has 1 aliphatic rings. The molecule has 1 aliphatic heterocycles. The van der Waals surface area contributed by atoms with Crippen molar-refractivity contribution in [3.05, 3.63) is 23.9 Å². The van der Waals surface area contributed by atoms with Crippen LogP contribution < -0.4 is 5.84 Å². The van der Waals surface area contributed by atoms with Crippen molar-refractivity contribution < 1.29 is 0 Å². The number of piperazine rings is 1. The van der Waals surface area contributed by atoms with E-state index in [1.807, 2.05) is 11.9 Å². The number of nitrogens with two attached hydrogens (primary N) is 1. The van der Waals surface area contributed by atoms with Gasteiger partial charge in [0.2, 0.25) is 0 Å². The molecule has 0 bridgehead atoms. The predicted molar refractivity (Wildman–Crippen MR) is 55.9 cm³/mol. The van der Waals surface area contributed by atoms with Crippen molar-refractivity contribution in [3.63, 3.8) is 0 Å². The molecule has 1 fully saturated rings. The molecule has 1 saturated heterocycles. The van der Waals surface area contributed by atoms with Crippen LogP contribution in [0.3, 0.4) is 0 Å². The second-order valence-electron chi connectivity index (χ2n) is 3.24. The maximum Gasteiger partial charge on any atom is 0.0320 e. The lowest BCUT2D eigenvalue weighted by Crippen LogP contribution is -2.48. The summed E-state index contributed by atoms with van der Waals surface area (Å²) in [4.78, 5) is 2.36. The zero-order valence-electron chi connectivity index (χ0n) is 8.53. The molecule has 74 valence electrons. The smallest absolute Gasteiger partial charge is 0.0320 e. The van der Waals surface area contributed by atoms with Crippen molar-refractivity contribution >= 4 is 0 Å². The zero-order chi connectivity index (χ0) is 9.68. The van der Waals surface area contributed by atoms with Gasteiger partial charge in [0.05, 0.1) is 0 Å². The van der Waals surface area contributed by atoms with Crippen molar-refractivity contribution in [2.24, 2.45) is 5.84 Å². The van der Waals surface area contributed by atoms with E-state index in [2.05, 4.69) is 30.1 Å². The molecule has 0 aromatic heterocycles. The standard InChI is InChI=1S/C10H19N3/c1-3-5-10(4-2)12-6-8-13(11)9-7-12/h3-5H,6-9,11H2,1-2H3. The summed E-state index contributed by atoms with van der Waals surface area (Å²) in [6.45, 7) is 8.08. The SMILES string of the molecule is CC=CC(=CC)N1CCN(N)CC1. The normalized spacial score (nSPS) is 21.5. The topological polar surface area (TPSA) is 32.5 Å². The Bertz CT molecular complexity index is 200. The van der Waals surface area contributed by atoms with E-state index in [9.17, 15) is 0 Å². The van der Waals surface area contributed by atoms with Gasteiger partial charge < -0.3 is 4.90 Å². The molecule has 0 aromatic rings. The second-order valence-corrected chi connectivity index (χ2v) is 3.24. The van der Waals surface area contributed by atoms with Crippen molar-refractivity contribution in [1.29, 1.82) is 0 Å². The first-order valence-corrected chi connectivity index (χ1v) is 4.81. The Morgan fingerprint density at radius 3 is 2.23 bits per heavy atom. The Kier molecular flexibility index (Phi) is 3.99. The quantitative estimate of drug-likeness (QED) is 0.508. The summed E-state index contributed by atoms with van der Waals surface area (Å²) in [6.07, 6.45) is 6.36. The molecule has 0 aliphatic carbocycles. The average Bonchev–Trinajstić information content (AvgIpc) is 2.16. The molecule has 1 heterocycles. The summed E-state index contributed by atoms with van der Waals surface area (Å²) in [5.74, 6) is 5.68. The van der Waals surface area contributed by atoms with Gasteiger partial charge in [0.1, 0.15) is 0 Å². The minimum absolute atomic E-state index is 0.953. The van der Waals surface area contributed by atoms with Gasteiger partial charge in [-0.15, -0.1) is 0 Å². The van der Waals surface area contributed by atoms with E-state index in [0.717, 1.165) is 26.2 Å². The van der Waals surface area contributed by atoms with Crippen LogP contribution in [0.1, 0.15) is 13.8 Å². The fourth-order valence-electron chi connectivity index (χ4n) is 1.54. The Hall–Kier alpha value is -0.800. The number of rotatable bonds is 2. The molecule has 3 heteroatoms. The summed E-state index contributed by atoms with van der Waals surface area (Å²) in [6, 6.07) is 0. The van der Waals surface area contributed by atoms with Gasteiger partial charge in [0, 0.05) is 31.9 Å². The average molecular weight is 181 g/mol. The third kappa shape index (κ3) is 2.86. The highest BCUT2D eigenvalue weighted by Gasteiger charge is 2.14. The van der Waals surface area contributed by atoms with Crippen LogP contribution in [0, 0.1) is 0 Å². The van der Waals surface area contributed by atoms with Crippen LogP contribution in [0.2, 0.25) is 0 Å². The molecular weight excluding hydrogens is 162 g/mol. The van der Waals surface area contributed by atoms with Crippen LogP contribution in [0.5, 0.6) is 0 Å². The molecule has 13 heavy (non-hydrogen) atoms. The monoisotopic (exact) mass is 181 g/mol. The van der Waals surface area contributed by atoms with Crippen molar-refractivity contribution in [2.75, 3.05) is 26.2 Å². The summed E-state index contributed by atoms with van der Waals surface area (Å²) in [7, 11) is 0. The van der Waals surface area contributed by atoms with E-state index in [1.54, 1.807) is 0 Å². The third-order valence-corrected chi connectivity index (χ3v) is 2.31. The Balaban J connectivity index is 2.52. The van der Waals surface area contributed by atoms with Crippen LogP contribution in [-0.4, -0.2) is 36.1 Å². The maximum absolute atomic E-state index is 5.68. The maximum atomic E-state index is 5.68. The first-order chi connectivity index (χ1) is 6.27. The van der Waals surface area contributed by atoms with Crippen LogP contribution in [0.25, 0.3) is 0 Å². The number of hydrogen-bond donors (Lipinski definition) is 1. The van der Waals surface area contributed by atoms with Gasteiger partial charge in [0.25, 0.3) is 0 Å². The molecule has 2 N–H and O–H groups in total. The number of hydrogen-bond acceptors (Lipinski definition) is 3. The van der Waals surface area contributed by atoms with Gasteiger partial charge in [-0.3, -0.25) is 5.84 Å². The highest BCUT2D eigenvalue weighted by atomic mass is 15.4. The molecule has 0 atom stereocenters. The molecule has 1 rings (SSSR count). The lowest BCUT2D eigenvalue weighted by Gasteiger charge is -2.34. The minimum atomic E-state index is 0.953. The van der Waals surface area contributed by atoms with Crippen LogP contribution in [0.4, 0.5) is 0 Å². The largest absolute Gasteiger partial charge is 0.369 e. The van der Waals surface area contributed by atoms with Crippen LogP contribution in [-0.2, 0) is 0 Å². The fourth-order valence-corrected chi connectivity index (χ4v) is 1.54. The number of nitrogens with zero attached hydrogens (tertiary/aromatic N) is 2. The lowest BCUT2D eigenvalue weighted by atomic mass is 10.2. The molecule has 0 unspecified atom stereocenters. The van der Waals surface area contributed by atoms with Crippen molar-refractivity contribution in [2.45, 2.75) is 13.8 Å². The summed E-state index contributed by atoms with van der Waals surface area (Å²) < 4.78 is 0. The van der Waals surface area contributed by atoms with Gasteiger partial charge in [-0.25, -0.2) is 5.01 Å². The van der Waals surface area contributed by atoms with Gasteiger partial charge in [-0.2, -0.15) is 0 Å². The Morgan fingerprint density at radius 1 is 1.15 bits per heavy atom. The summed E-state index contributed by atoms with van der Waals surface area (Å²) in [5.41, 5.74) is 1.30. The van der Waals surface area contributed by atoms with Crippen LogP contribution >= 0.6 is 0 Å². The molecule has 0 radical (unpaired) electrons. The highest BCUT2D eigenvalue weighted by molar-refractivity contribution is 5.16. The number of hydrazine groups is 1. The molecule has 0 saturated carbocycles. The first-order valence-electron chi connectivity index (χ1n) is 4.81. The van der Waals surface area contributed by atoms with E-state index in [4.69, 9.17) is 5.84 Å². The Labute approximate surface area is 80.5 Å². The van der Waals surface area contributed by atoms with E-state index < -0.39 is 0 Å². The van der Waals surface area contributed by atoms with Gasteiger partial charge in [-0.05, 0) is 19.9 Å². The van der Waals surface area contributed by atoms with Gasteiger partial charge in [0.15, 0.2) is 0 Å². The van der Waals surface area contributed by atoms with E-state index in [1.165, 1.54) is 5.70 Å². The number of allylic oxidation sites excluding steroid dienone is 3. The molecule has 0 spiro atoms. The fraction of sp³-hybridized carbons (Fsp3) is 0.600. The Morgan fingerprint density at radius 2 is 1.77 bits per heavy atom. The third-order valence-electron chi connectivity index (χ3n) is 2.31. The lowest BCUT2D eigenvalue weighted by molar-refractivity contribution is 0.164. The van der Waals surface area contributed by atoms with Gasteiger partial charge >= 0.3 is 0 Å². The predicted octanol–water partition coefficient (Wildman–Crippen LogP) is 0.958. The van der Waals surface area contributed by atoms with Gasteiger partial charge in [-0.1, -0.05) is 12.2 Å². The second kappa shape index (κ2) is 5.04. The zero-order valence-corrected chi connectivity index (χ0v) is 8.53. The summed E-state index contributed by atoms with van der Waals surface area (Å²) in [5, 5.41) is 1.87. The van der Waals surface area contributed by atoms with Crippen molar-refractivity contribution in [1.82, 2.24) is 9.91 Å². The van der Waals surface area contributed by atoms with E-state index >= 15 is 0 Å². The van der Waals surface area contributed by atoms with Crippen molar-refractivity contribution in [3.8, 4) is 0 Å².